The van der Waals surface area contributed by atoms with Crippen LogP contribution in [0.2, 0.25) is 0 Å². The van der Waals surface area contributed by atoms with Gasteiger partial charge in [0.15, 0.2) is 5.82 Å². The number of hydrogen-bond acceptors (Lipinski definition) is 4. The maximum Gasteiger partial charge on any atom is 0.166 e. The lowest BCUT2D eigenvalue weighted by molar-refractivity contribution is 0.139. The van der Waals surface area contributed by atoms with Crippen molar-refractivity contribution in [3.63, 3.8) is 0 Å². The molecule has 0 amide bonds. The first-order chi connectivity index (χ1) is 7.09. The van der Waals surface area contributed by atoms with Crippen molar-refractivity contribution in [2.24, 2.45) is 5.41 Å². The van der Waals surface area contributed by atoms with Crippen LogP contribution >= 0.6 is 11.6 Å². The number of methoxy groups -OCH3 is 1. The van der Waals surface area contributed by atoms with Gasteiger partial charge in [0.05, 0.1) is 12.4 Å². The van der Waals surface area contributed by atoms with Crippen LogP contribution in [-0.4, -0.2) is 33.9 Å². The molecule has 0 atom stereocenters. The Bertz CT molecular complexity index is 300. The Kier molecular flexibility index (Phi) is 4.47. The van der Waals surface area contributed by atoms with Gasteiger partial charge in [-0.1, -0.05) is 13.8 Å². The third kappa shape index (κ3) is 3.76. The molecule has 1 rings (SSSR count). The number of alkyl halides is 1. The number of rotatable bonds is 6. The third-order valence-electron chi connectivity index (χ3n) is 2.29. The Labute approximate surface area is 94.8 Å². The van der Waals surface area contributed by atoms with Crippen LogP contribution in [0.15, 0.2) is 0 Å². The normalized spacial score (nSPS) is 12.0. The summed E-state index contributed by atoms with van der Waals surface area (Å²) in [5.74, 6) is 1.05. The van der Waals surface area contributed by atoms with Gasteiger partial charge in [0, 0.05) is 13.7 Å². The monoisotopic (exact) mass is 232 g/mol. The molecule has 5 nitrogen and oxygen atoms in total. The lowest BCUT2D eigenvalue weighted by atomic mass is 9.90. The lowest BCUT2D eigenvalue weighted by Crippen LogP contribution is -2.23. The second kappa shape index (κ2) is 5.42. The zero-order valence-corrected chi connectivity index (χ0v) is 10.2. The maximum atomic E-state index is 5.72. The second-order valence-corrected chi connectivity index (χ2v) is 4.56. The van der Waals surface area contributed by atoms with Gasteiger partial charge in [-0.3, -0.25) is 0 Å². The summed E-state index contributed by atoms with van der Waals surface area (Å²) in [6, 6.07) is 0. The molecule has 0 aliphatic heterocycles. The molecular weight excluding hydrogens is 216 g/mol. The summed E-state index contributed by atoms with van der Waals surface area (Å²) >= 11 is 5.72. The fourth-order valence-electron chi connectivity index (χ4n) is 1.30. The van der Waals surface area contributed by atoms with E-state index in [1.807, 2.05) is 0 Å². The number of aromatic nitrogens is 4. The molecule has 0 unspecified atom stereocenters. The average molecular weight is 233 g/mol. The Balaban J connectivity index is 2.59. The molecule has 0 N–H and O–H groups in total. The van der Waals surface area contributed by atoms with E-state index in [9.17, 15) is 0 Å². The van der Waals surface area contributed by atoms with Gasteiger partial charge in [0.1, 0.15) is 0 Å². The minimum absolute atomic E-state index is 0.103. The van der Waals surface area contributed by atoms with Gasteiger partial charge in [0.2, 0.25) is 0 Å². The van der Waals surface area contributed by atoms with Crippen LogP contribution in [0.4, 0.5) is 0 Å². The molecule has 0 radical (unpaired) electrons. The SMILES string of the molecule is COCCC(C)(C)Cn1nnnc1CCl. The number of tetrazole rings is 1. The standard InChI is InChI=1S/C9H17ClN4O/c1-9(2,4-5-15-3)7-14-8(6-10)11-12-13-14/h4-7H2,1-3H3. The first kappa shape index (κ1) is 12.4. The predicted octanol–water partition coefficient (Wildman–Crippen LogP) is 1.47. The van der Waals surface area contributed by atoms with Gasteiger partial charge in [-0.05, 0) is 22.3 Å². The third-order valence-corrected chi connectivity index (χ3v) is 2.53. The molecule has 0 spiro atoms. The number of nitrogens with zero attached hydrogens (tertiary/aromatic N) is 4. The molecule has 0 fully saturated rings. The first-order valence-electron chi connectivity index (χ1n) is 4.89. The van der Waals surface area contributed by atoms with Crippen LogP contribution in [0.25, 0.3) is 0 Å². The van der Waals surface area contributed by atoms with E-state index < -0.39 is 0 Å². The quantitative estimate of drug-likeness (QED) is 0.697. The van der Waals surface area contributed by atoms with E-state index in [2.05, 4.69) is 29.4 Å². The lowest BCUT2D eigenvalue weighted by Gasteiger charge is -2.23. The average Bonchev–Trinajstić information content (AvgIpc) is 2.61. The van der Waals surface area contributed by atoms with E-state index in [-0.39, 0.29) is 5.41 Å². The highest BCUT2D eigenvalue weighted by molar-refractivity contribution is 6.16. The molecule has 0 saturated heterocycles. The van der Waals surface area contributed by atoms with E-state index in [1.54, 1.807) is 11.8 Å². The Morgan fingerprint density at radius 2 is 2.20 bits per heavy atom. The summed E-state index contributed by atoms with van der Waals surface area (Å²) in [5, 5.41) is 11.4. The fraction of sp³-hybridized carbons (Fsp3) is 0.889. The summed E-state index contributed by atoms with van der Waals surface area (Å²) in [7, 11) is 1.71. The summed E-state index contributed by atoms with van der Waals surface area (Å²) < 4.78 is 6.82. The van der Waals surface area contributed by atoms with E-state index in [0.29, 0.717) is 11.7 Å². The topological polar surface area (TPSA) is 52.8 Å². The number of ether oxygens (including phenoxy) is 1. The summed E-state index contributed by atoms with van der Waals surface area (Å²) in [6.45, 7) is 5.81. The van der Waals surface area contributed by atoms with Crippen molar-refractivity contribution in [3.8, 4) is 0 Å². The fourth-order valence-corrected chi connectivity index (χ4v) is 1.50. The van der Waals surface area contributed by atoms with Crippen molar-refractivity contribution in [1.82, 2.24) is 20.2 Å². The Morgan fingerprint density at radius 3 is 2.80 bits per heavy atom. The molecule has 1 heterocycles. The second-order valence-electron chi connectivity index (χ2n) is 4.29. The van der Waals surface area contributed by atoms with Gasteiger partial charge in [-0.2, -0.15) is 0 Å². The molecule has 0 saturated carbocycles. The Morgan fingerprint density at radius 1 is 1.47 bits per heavy atom. The van der Waals surface area contributed by atoms with Crippen molar-refractivity contribution in [1.29, 1.82) is 0 Å². The number of hydrogen-bond donors (Lipinski definition) is 0. The van der Waals surface area contributed by atoms with Gasteiger partial charge >= 0.3 is 0 Å². The minimum Gasteiger partial charge on any atom is -0.385 e. The molecule has 0 aliphatic carbocycles. The summed E-state index contributed by atoms with van der Waals surface area (Å²) in [4.78, 5) is 0. The zero-order valence-electron chi connectivity index (χ0n) is 9.40. The Hall–Kier alpha value is -0.680. The van der Waals surface area contributed by atoms with Crippen LogP contribution < -0.4 is 0 Å². The molecular formula is C9H17ClN4O. The zero-order chi connectivity index (χ0) is 11.3. The van der Waals surface area contributed by atoms with Crippen LogP contribution in [0.3, 0.4) is 0 Å². The molecule has 0 bridgehead atoms. The molecule has 15 heavy (non-hydrogen) atoms. The van der Waals surface area contributed by atoms with Crippen LogP contribution in [0, 0.1) is 5.41 Å². The van der Waals surface area contributed by atoms with Crippen molar-refractivity contribution in [3.05, 3.63) is 5.82 Å². The largest absolute Gasteiger partial charge is 0.385 e. The van der Waals surface area contributed by atoms with Gasteiger partial charge < -0.3 is 4.74 Å². The smallest absolute Gasteiger partial charge is 0.166 e. The van der Waals surface area contributed by atoms with E-state index >= 15 is 0 Å². The van der Waals surface area contributed by atoms with E-state index in [0.717, 1.165) is 19.6 Å². The van der Waals surface area contributed by atoms with E-state index in [4.69, 9.17) is 16.3 Å². The highest BCUT2D eigenvalue weighted by Gasteiger charge is 2.20. The van der Waals surface area contributed by atoms with E-state index in [1.165, 1.54) is 0 Å². The minimum atomic E-state index is 0.103. The molecule has 1 aromatic rings. The van der Waals surface area contributed by atoms with Crippen LogP contribution in [0.1, 0.15) is 26.1 Å². The molecule has 6 heteroatoms. The first-order valence-corrected chi connectivity index (χ1v) is 5.42. The molecule has 0 aliphatic rings. The molecule has 1 aromatic heterocycles. The van der Waals surface area contributed by atoms with Crippen molar-refractivity contribution in [2.45, 2.75) is 32.7 Å². The highest BCUT2D eigenvalue weighted by Crippen LogP contribution is 2.22. The van der Waals surface area contributed by atoms with Crippen LogP contribution in [-0.2, 0) is 17.2 Å². The van der Waals surface area contributed by atoms with Gasteiger partial charge in [-0.15, -0.1) is 16.7 Å². The molecule has 0 aromatic carbocycles. The predicted molar refractivity (Wildman–Crippen MR) is 57.6 cm³/mol. The molecule has 86 valence electrons. The van der Waals surface area contributed by atoms with Crippen molar-refractivity contribution >= 4 is 11.6 Å². The van der Waals surface area contributed by atoms with Crippen molar-refractivity contribution < 1.29 is 4.74 Å². The maximum absolute atomic E-state index is 5.72. The van der Waals surface area contributed by atoms with Gasteiger partial charge in [-0.25, -0.2) is 4.68 Å². The summed E-state index contributed by atoms with van der Waals surface area (Å²) in [5.41, 5.74) is 0.103. The van der Waals surface area contributed by atoms with Gasteiger partial charge in [0.25, 0.3) is 0 Å². The number of halogens is 1. The van der Waals surface area contributed by atoms with Crippen LogP contribution in [0.5, 0.6) is 0 Å². The summed E-state index contributed by atoms with van der Waals surface area (Å²) in [6.07, 6.45) is 0.963. The van der Waals surface area contributed by atoms with Crippen molar-refractivity contribution in [2.75, 3.05) is 13.7 Å². The highest BCUT2D eigenvalue weighted by atomic mass is 35.5.